The molecule has 1 heterocycles. The molecule has 6 heteroatoms. The lowest BCUT2D eigenvalue weighted by Gasteiger charge is -2.32. The summed E-state index contributed by atoms with van der Waals surface area (Å²) in [5, 5.41) is 2.85. The largest absolute Gasteiger partial charge is 0.340 e. The standard InChI is InChI=1S/C17H26N4O2/c1-20-8-10-21(11-9-20)17(23)13-14-4-2-5-15(12-14)19-16(22)6-3-7-18/h2,4-5,12H,3,6-11,13,18H2,1H3,(H,19,22). The van der Waals surface area contributed by atoms with E-state index in [1.807, 2.05) is 29.2 Å². The third kappa shape index (κ3) is 5.65. The summed E-state index contributed by atoms with van der Waals surface area (Å²) in [7, 11) is 2.07. The van der Waals surface area contributed by atoms with Crippen molar-refractivity contribution in [2.75, 3.05) is 45.1 Å². The molecule has 6 nitrogen and oxygen atoms in total. The number of anilines is 1. The molecule has 1 saturated heterocycles. The zero-order valence-electron chi connectivity index (χ0n) is 13.8. The number of hydrogen-bond acceptors (Lipinski definition) is 4. The molecular weight excluding hydrogens is 292 g/mol. The van der Waals surface area contributed by atoms with Crippen LogP contribution in [-0.4, -0.2) is 61.4 Å². The molecule has 23 heavy (non-hydrogen) atoms. The van der Waals surface area contributed by atoms with E-state index in [0.29, 0.717) is 25.8 Å². The van der Waals surface area contributed by atoms with E-state index in [0.717, 1.165) is 37.4 Å². The molecule has 0 spiro atoms. The summed E-state index contributed by atoms with van der Waals surface area (Å²) >= 11 is 0. The highest BCUT2D eigenvalue weighted by Crippen LogP contribution is 2.13. The molecule has 0 bridgehead atoms. The van der Waals surface area contributed by atoms with E-state index in [1.54, 1.807) is 0 Å². The molecule has 3 N–H and O–H groups in total. The van der Waals surface area contributed by atoms with Gasteiger partial charge in [0.05, 0.1) is 6.42 Å². The van der Waals surface area contributed by atoms with Gasteiger partial charge in [0.2, 0.25) is 11.8 Å². The number of hydrogen-bond donors (Lipinski definition) is 2. The minimum atomic E-state index is -0.0435. The zero-order valence-corrected chi connectivity index (χ0v) is 13.8. The van der Waals surface area contributed by atoms with Gasteiger partial charge in [-0.15, -0.1) is 0 Å². The van der Waals surface area contributed by atoms with Crippen LogP contribution in [0.25, 0.3) is 0 Å². The van der Waals surface area contributed by atoms with E-state index in [4.69, 9.17) is 5.73 Å². The van der Waals surface area contributed by atoms with Crippen molar-refractivity contribution < 1.29 is 9.59 Å². The third-order valence-electron chi connectivity index (χ3n) is 4.03. The third-order valence-corrected chi connectivity index (χ3v) is 4.03. The summed E-state index contributed by atoms with van der Waals surface area (Å²) in [5.74, 6) is 0.0997. The fraction of sp³-hybridized carbons (Fsp3) is 0.529. The number of likely N-dealkylation sites (N-methyl/N-ethyl adjacent to an activating group) is 1. The van der Waals surface area contributed by atoms with Crippen LogP contribution < -0.4 is 11.1 Å². The van der Waals surface area contributed by atoms with Crippen molar-refractivity contribution in [1.29, 1.82) is 0 Å². The Kier molecular flexibility index (Phi) is 6.55. The molecular formula is C17H26N4O2. The lowest BCUT2D eigenvalue weighted by Crippen LogP contribution is -2.47. The average Bonchev–Trinajstić information content (AvgIpc) is 2.54. The van der Waals surface area contributed by atoms with E-state index in [9.17, 15) is 9.59 Å². The van der Waals surface area contributed by atoms with E-state index in [2.05, 4.69) is 17.3 Å². The number of nitrogens with two attached hydrogens (primary N) is 1. The number of rotatable bonds is 6. The Balaban J connectivity index is 1.89. The van der Waals surface area contributed by atoms with E-state index in [1.165, 1.54) is 0 Å². The van der Waals surface area contributed by atoms with Crippen molar-refractivity contribution in [1.82, 2.24) is 9.80 Å². The summed E-state index contributed by atoms with van der Waals surface area (Å²) < 4.78 is 0. The molecule has 0 saturated carbocycles. The monoisotopic (exact) mass is 318 g/mol. The van der Waals surface area contributed by atoms with Gasteiger partial charge in [-0.2, -0.15) is 0 Å². The first-order chi connectivity index (χ1) is 11.1. The molecule has 0 radical (unpaired) electrons. The number of carbonyl (C=O) groups excluding carboxylic acids is 2. The molecule has 2 rings (SSSR count). The predicted molar refractivity (Wildman–Crippen MR) is 91.1 cm³/mol. The maximum Gasteiger partial charge on any atom is 0.227 e. The Morgan fingerprint density at radius 2 is 1.96 bits per heavy atom. The van der Waals surface area contributed by atoms with Gasteiger partial charge in [-0.3, -0.25) is 9.59 Å². The highest BCUT2D eigenvalue weighted by atomic mass is 16.2. The van der Waals surface area contributed by atoms with Crippen molar-refractivity contribution in [3.05, 3.63) is 29.8 Å². The number of nitrogens with zero attached hydrogens (tertiary/aromatic N) is 2. The molecule has 0 aliphatic carbocycles. The van der Waals surface area contributed by atoms with E-state index >= 15 is 0 Å². The average molecular weight is 318 g/mol. The van der Waals surface area contributed by atoms with Crippen LogP contribution in [0.1, 0.15) is 18.4 Å². The maximum atomic E-state index is 12.4. The fourth-order valence-electron chi connectivity index (χ4n) is 2.59. The van der Waals surface area contributed by atoms with Gasteiger partial charge in [0.1, 0.15) is 0 Å². The van der Waals surface area contributed by atoms with Crippen molar-refractivity contribution in [3.63, 3.8) is 0 Å². The van der Waals surface area contributed by atoms with Crippen LogP contribution in [0, 0.1) is 0 Å². The number of piperazine rings is 1. The molecule has 126 valence electrons. The van der Waals surface area contributed by atoms with Gasteiger partial charge in [0.15, 0.2) is 0 Å². The van der Waals surface area contributed by atoms with Gasteiger partial charge < -0.3 is 20.9 Å². The highest BCUT2D eigenvalue weighted by molar-refractivity contribution is 5.91. The molecule has 1 fully saturated rings. The maximum absolute atomic E-state index is 12.4. The van der Waals surface area contributed by atoms with Gasteiger partial charge in [0, 0.05) is 38.3 Å². The van der Waals surface area contributed by atoms with Crippen LogP contribution in [0.4, 0.5) is 5.69 Å². The van der Waals surface area contributed by atoms with Gasteiger partial charge in [-0.25, -0.2) is 0 Å². The van der Waals surface area contributed by atoms with Gasteiger partial charge in [-0.1, -0.05) is 12.1 Å². The van der Waals surface area contributed by atoms with Crippen molar-refractivity contribution in [3.8, 4) is 0 Å². The minimum Gasteiger partial charge on any atom is -0.340 e. The minimum absolute atomic E-state index is 0.0435. The summed E-state index contributed by atoms with van der Waals surface area (Å²) in [5.41, 5.74) is 7.06. The molecule has 1 aliphatic heterocycles. The number of carbonyl (C=O) groups is 2. The van der Waals surface area contributed by atoms with Crippen LogP contribution in [0.2, 0.25) is 0 Å². The Hall–Kier alpha value is -1.92. The lowest BCUT2D eigenvalue weighted by atomic mass is 10.1. The fourth-order valence-corrected chi connectivity index (χ4v) is 2.59. The van der Waals surface area contributed by atoms with Gasteiger partial charge in [-0.05, 0) is 37.7 Å². The second-order valence-corrected chi connectivity index (χ2v) is 6.00. The van der Waals surface area contributed by atoms with Gasteiger partial charge >= 0.3 is 0 Å². The Labute approximate surface area is 137 Å². The highest BCUT2D eigenvalue weighted by Gasteiger charge is 2.19. The molecule has 1 aromatic carbocycles. The molecule has 0 aromatic heterocycles. The van der Waals surface area contributed by atoms with Crippen molar-refractivity contribution in [2.45, 2.75) is 19.3 Å². The molecule has 0 unspecified atom stereocenters. The van der Waals surface area contributed by atoms with Crippen LogP contribution >= 0.6 is 0 Å². The Morgan fingerprint density at radius 1 is 1.22 bits per heavy atom. The van der Waals surface area contributed by atoms with Crippen LogP contribution in [0.15, 0.2) is 24.3 Å². The van der Waals surface area contributed by atoms with Gasteiger partial charge in [0.25, 0.3) is 0 Å². The predicted octanol–water partition coefficient (Wildman–Crippen LogP) is 0.681. The first kappa shape index (κ1) is 17.4. The van der Waals surface area contributed by atoms with Crippen LogP contribution in [0.3, 0.4) is 0 Å². The lowest BCUT2D eigenvalue weighted by molar-refractivity contribution is -0.132. The quantitative estimate of drug-likeness (QED) is 0.808. The van der Waals surface area contributed by atoms with Crippen LogP contribution in [-0.2, 0) is 16.0 Å². The second-order valence-electron chi connectivity index (χ2n) is 6.00. The zero-order chi connectivity index (χ0) is 16.7. The summed E-state index contributed by atoms with van der Waals surface area (Å²) in [6.07, 6.45) is 1.46. The van der Waals surface area contributed by atoms with E-state index in [-0.39, 0.29) is 11.8 Å². The summed E-state index contributed by atoms with van der Waals surface area (Å²) in [6.45, 7) is 3.91. The first-order valence-electron chi connectivity index (χ1n) is 8.13. The number of benzene rings is 1. The topological polar surface area (TPSA) is 78.7 Å². The van der Waals surface area contributed by atoms with Crippen LogP contribution in [0.5, 0.6) is 0 Å². The van der Waals surface area contributed by atoms with E-state index < -0.39 is 0 Å². The Bertz CT molecular complexity index is 539. The molecule has 1 aromatic rings. The molecule has 2 amide bonds. The second kappa shape index (κ2) is 8.64. The molecule has 0 atom stereocenters. The Morgan fingerprint density at radius 3 is 2.65 bits per heavy atom. The number of nitrogens with one attached hydrogen (secondary N) is 1. The van der Waals surface area contributed by atoms with Crippen molar-refractivity contribution in [2.24, 2.45) is 5.73 Å². The smallest absolute Gasteiger partial charge is 0.227 e. The SMILES string of the molecule is CN1CCN(C(=O)Cc2cccc(NC(=O)CCCN)c2)CC1. The van der Waals surface area contributed by atoms with Crippen molar-refractivity contribution >= 4 is 17.5 Å². The molecule has 1 aliphatic rings. The first-order valence-corrected chi connectivity index (χ1v) is 8.13. The summed E-state index contributed by atoms with van der Waals surface area (Å²) in [4.78, 5) is 28.2. The summed E-state index contributed by atoms with van der Waals surface area (Å²) in [6, 6.07) is 7.49. The number of amides is 2. The normalized spacial score (nSPS) is 15.5.